The van der Waals surface area contributed by atoms with Crippen LogP contribution >= 0.6 is 0 Å². The van der Waals surface area contributed by atoms with Gasteiger partial charge >= 0.3 is 0 Å². The summed E-state index contributed by atoms with van der Waals surface area (Å²) in [5.41, 5.74) is 9.10. The number of rotatable bonds is 3. The molecule has 5 heteroatoms. The zero-order chi connectivity index (χ0) is 13.1. The summed E-state index contributed by atoms with van der Waals surface area (Å²) >= 11 is 0. The number of hydrogen-bond donors (Lipinski definition) is 2. The Kier molecular flexibility index (Phi) is 3.32. The largest absolute Gasteiger partial charge is 0.399 e. The summed E-state index contributed by atoms with van der Waals surface area (Å²) in [7, 11) is 0. The van der Waals surface area contributed by atoms with Crippen molar-refractivity contribution in [3.63, 3.8) is 0 Å². The molecule has 0 aliphatic carbocycles. The molecule has 3 N–H and O–H groups in total. The first-order valence-electron chi connectivity index (χ1n) is 5.69. The normalized spacial score (nSPS) is 10.3. The van der Waals surface area contributed by atoms with Crippen molar-refractivity contribution >= 4 is 17.3 Å². The van der Waals surface area contributed by atoms with Gasteiger partial charge in [0.15, 0.2) is 0 Å². The minimum Gasteiger partial charge on any atom is -0.399 e. The molecule has 0 atom stereocenters. The van der Waals surface area contributed by atoms with E-state index >= 15 is 0 Å². The van der Waals surface area contributed by atoms with E-state index in [1.54, 1.807) is 23.0 Å². The number of benzene rings is 1. The van der Waals surface area contributed by atoms with Crippen molar-refractivity contribution < 1.29 is 4.79 Å². The molecule has 0 aliphatic rings. The molecule has 1 aromatic carbocycles. The van der Waals surface area contributed by atoms with Crippen molar-refractivity contribution in [3.8, 4) is 0 Å². The molecule has 0 fully saturated rings. The van der Waals surface area contributed by atoms with Crippen LogP contribution in [0.2, 0.25) is 0 Å². The number of carbonyl (C=O) groups is 1. The average molecular weight is 244 g/mol. The van der Waals surface area contributed by atoms with Gasteiger partial charge in [-0.3, -0.25) is 9.48 Å². The Balaban J connectivity index is 2.03. The lowest BCUT2D eigenvalue weighted by Crippen LogP contribution is -2.19. The molecule has 2 aromatic rings. The van der Waals surface area contributed by atoms with Gasteiger partial charge in [-0.2, -0.15) is 5.10 Å². The van der Waals surface area contributed by atoms with Gasteiger partial charge in [-0.1, -0.05) is 0 Å². The molecule has 2 rings (SSSR count). The number of aryl methyl sites for hydroxylation is 2. The van der Waals surface area contributed by atoms with Crippen LogP contribution in [0.4, 0.5) is 11.4 Å². The molecule has 0 saturated heterocycles. The number of nitrogens with zero attached hydrogens (tertiary/aromatic N) is 2. The van der Waals surface area contributed by atoms with Crippen LogP contribution in [0.1, 0.15) is 11.1 Å². The van der Waals surface area contributed by atoms with E-state index in [-0.39, 0.29) is 12.5 Å². The molecule has 0 spiro atoms. The quantitative estimate of drug-likeness (QED) is 0.807. The highest BCUT2D eigenvalue weighted by atomic mass is 16.2. The fourth-order valence-corrected chi connectivity index (χ4v) is 1.72. The molecule has 0 bridgehead atoms. The summed E-state index contributed by atoms with van der Waals surface area (Å²) in [6, 6.07) is 5.39. The van der Waals surface area contributed by atoms with Crippen molar-refractivity contribution in [2.45, 2.75) is 20.4 Å². The van der Waals surface area contributed by atoms with Gasteiger partial charge in [0.2, 0.25) is 5.91 Å². The van der Waals surface area contributed by atoms with E-state index in [4.69, 9.17) is 5.73 Å². The van der Waals surface area contributed by atoms with Crippen LogP contribution in [0, 0.1) is 13.8 Å². The van der Waals surface area contributed by atoms with Gasteiger partial charge in [-0.05, 0) is 43.2 Å². The van der Waals surface area contributed by atoms with E-state index in [2.05, 4.69) is 10.4 Å². The molecule has 5 nitrogen and oxygen atoms in total. The second-order valence-corrected chi connectivity index (χ2v) is 4.34. The van der Waals surface area contributed by atoms with E-state index in [0.717, 1.165) is 16.8 Å². The summed E-state index contributed by atoms with van der Waals surface area (Å²) < 4.78 is 1.61. The zero-order valence-corrected chi connectivity index (χ0v) is 10.5. The molecule has 94 valence electrons. The van der Waals surface area contributed by atoms with Gasteiger partial charge in [0.1, 0.15) is 6.54 Å². The first-order chi connectivity index (χ1) is 8.54. The number of amides is 1. The van der Waals surface area contributed by atoms with E-state index < -0.39 is 0 Å². The minimum atomic E-state index is -0.106. The second kappa shape index (κ2) is 4.91. The monoisotopic (exact) mass is 244 g/mol. The maximum absolute atomic E-state index is 11.8. The van der Waals surface area contributed by atoms with Crippen LogP contribution in [0.25, 0.3) is 0 Å². The summed E-state index contributed by atoms with van der Waals surface area (Å²) in [5.74, 6) is -0.106. The third-order valence-corrected chi connectivity index (χ3v) is 2.59. The van der Waals surface area contributed by atoms with Crippen molar-refractivity contribution in [3.05, 3.63) is 41.7 Å². The highest BCUT2D eigenvalue weighted by molar-refractivity contribution is 5.91. The molecule has 1 aromatic heterocycles. The minimum absolute atomic E-state index is 0.106. The predicted octanol–water partition coefficient (Wildman–Crippen LogP) is 1.72. The lowest BCUT2D eigenvalue weighted by molar-refractivity contribution is -0.116. The molecule has 0 aliphatic heterocycles. The van der Waals surface area contributed by atoms with Gasteiger partial charge in [0.25, 0.3) is 0 Å². The number of hydrogen-bond acceptors (Lipinski definition) is 3. The van der Waals surface area contributed by atoms with Gasteiger partial charge < -0.3 is 11.1 Å². The van der Waals surface area contributed by atoms with Crippen molar-refractivity contribution in [2.24, 2.45) is 0 Å². The molecular weight excluding hydrogens is 228 g/mol. The Hall–Kier alpha value is -2.30. The van der Waals surface area contributed by atoms with Gasteiger partial charge in [0.05, 0.1) is 6.20 Å². The molecule has 0 saturated carbocycles. The third kappa shape index (κ3) is 2.88. The van der Waals surface area contributed by atoms with Crippen LogP contribution in [0.3, 0.4) is 0 Å². The molecule has 1 heterocycles. The highest BCUT2D eigenvalue weighted by Gasteiger charge is 2.06. The number of anilines is 2. The molecule has 1 amide bonds. The number of carbonyl (C=O) groups excluding carboxylic acids is 1. The van der Waals surface area contributed by atoms with E-state index in [1.807, 2.05) is 26.1 Å². The first kappa shape index (κ1) is 12.2. The standard InChI is InChI=1S/C13H16N4O/c1-9-6-15-17(7-9)8-13(18)16-12-4-3-11(14)5-10(12)2/h3-7H,8,14H2,1-2H3,(H,16,18). The lowest BCUT2D eigenvalue weighted by Gasteiger charge is -2.09. The van der Waals surface area contributed by atoms with Crippen LogP contribution in [0.5, 0.6) is 0 Å². The van der Waals surface area contributed by atoms with Gasteiger partial charge in [-0.15, -0.1) is 0 Å². The van der Waals surface area contributed by atoms with Gasteiger partial charge in [0, 0.05) is 17.6 Å². The van der Waals surface area contributed by atoms with Crippen molar-refractivity contribution in [2.75, 3.05) is 11.1 Å². The third-order valence-electron chi connectivity index (χ3n) is 2.59. The predicted molar refractivity (Wildman–Crippen MR) is 71.2 cm³/mol. The van der Waals surface area contributed by atoms with Crippen molar-refractivity contribution in [1.82, 2.24) is 9.78 Å². The Labute approximate surface area is 106 Å². The van der Waals surface area contributed by atoms with E-state index in [1.165, 1.54) is 0 Å². The fraction of sp³-hybridized carbons (Fsp3) is 0.231. The number of nitrogens with one attached hydrogen (secondary N) is 1. The topological polar surface area (TPSA) is 72.9 Å². The van der Waals surface area contributed by atoms with Crippen LogP contribution in [-0.2, 0) is 11.3 Å². The fourth-order valence-electron chi connectivity index (χ4n) is 1.72. The zero-order valence-electron chi connectivity index (χ0n) is 10.5. The van der Waals surface area contributed by atoms with Crippen LogP contribution in [0.15, 0.2) is 30.6 Å². The lowest BCUT2D eigenvalue weighted by atomic mass is 10.2. The maximum Gasteiger partial charge on any atom is 0.246 e. The van der Waals surface area contributed by atoms with Crippen molar-refractivity contribution in [1.29, 1.82) is 0 Å². The SMILES string of the molecule is Cc1cnn(CC(=O)Nc2ccc(N)cc2C)c1. The summed E-state index contributed by atoms with van der Waals surface area (Å²) in [6.07, 6.45) is 3.55. The molecule has 0 unspecified atom stereocenters. The average Bonchev–Trinajstić information content (AvgIpc) is 2.68. The smallest absolute Gasteiger partial charge is 0.246 e. The summed E-state index contributed by atoms with van der Waals surface area (Å²) in [4.78, 5) is 11.8. The van der Waals surface area contributed by atoms with E-state index in [0.29, 0.717) is 5.69 Å². The van der Waals surface area contributed by atoms with Gasteiger partial charge in [-0.25, -0.2) is 0 Å². The Morgan fingerprint density at radius 2 is 2.22 bits per heavy atom. The van der Waals surface area contributed by atoms with Crippen LogP contribution < -0.4 is 11.1 Å². The first-order valence-corrected chi connectivity index (χ1v) is 5.69. The summed E-state index contributed by atoms with van der Waals surface area (Å²) in [5, 5.41) is 6.91. The molecular formula is C13H16N4O. The second-order valence-electron chi connectivity index (χ2n) is 4.34. The molecule has 18 heavy (non-hydrogen) atoms. The summed E-state index contributed by atoms with van der Waals surface area (Å²) in [6.45, 7) is 4.05. The number of nitrogen functional groups attached to an aromatic ring is 1. The highest BCUT2D eigenvalue weighted by Crippen LogP contribution is 2.17. The van der Waals surface area contributed by atoms with E-state index in [9.17, 15) is 4.79 Å². The number of nitrogens with two attached hydrogens (primary N) is 1. The Morgan fingerprint density at radius 3 is 2.83 bits per heavy atom. The Morgan fingerprint density at radius 1 is 1.44 bits per heavy atom. The molecule has 0 radical (unpaired) electrons. The number of aromatic nitrogens is 2. The Bertz CT molecular complexity index is 574. The maximum atomic E-state index is 11.8. The van der Waals surface area contributed by atoms with Crippen LogP contribution in [-0.4, -0.2) is 15.7 Å².